The standard InChI is InChI=1S/C11H15BrClN.ClH/c1-7(2)5-11(14)8-3-4-10(13)9(12)6-8;/h3-4,6-7,11H,5,14H2,1-2H3;1H/t11-;/m0./s1. The van der Waals surface area contributed by atoms with E-state index in [0.29, 0.717) is 5.92 Å². The topological polar surface area (TPSA) is 26.0 Å². The maximum Gasteiger partial charge on any atom is 0.0548 e. The van der Waals surface area contributed by atoms with Gasteiger partial charge in [-0.1, -0.05) is 31.5 Å². The Morgan fingerprint density at radius 3 is 2.47 bits per heavy atom. The van der Waals surface area contributed by atoms with Crippen LogP contribution in [-0.4, -0.2) is 0 Å². The molecule has 1 aromatic carbocycles. The van der Waals surface area contributed by atoms with Crippen molar-refractivity contribution in [2.24, 2.45) is 11.7 Å². The molecule has 0 saturated heterocycles. The lowest BCUT2D eigenvalue weighted by molar-refractivity contribution is 0.510. The zero-order valence-electron chi connectivity index (χ0n) is 8.84. The van der Waals surface area contributed by atoms with Gasteiger partial charge >= 0.3 is 0 Å². The van der Waals surface area contributed by atoms with Crippen molar-refractivity contribution in [1.82, 2.24) is 0 Å². The minimum Gasteiger partial charge on any atom is -0.324 e. The molecule has 15 heavy (non-hydrogen) atoms. The Bertz CT molecular complexity index is 315. The van der Waals surface area contributed by atoms with Gasteiger partial charge in [-0.3, -0.25) is 0 Å². The van der Waals surface area contributed by atoms with E-state index in [4.69, 9.17) is 17.3 Å². The molecule has 0 aliphatic heterocycles. The van der Waals surface area contributed by atoms with Crippen LogP contribution in [0, 0.1) is 5.92 Å². The summed E-state index contributed by atoms with van der Waals surface area (Å²) in [6.45, 7) is 4.34. The first-order valence-corrected chi connectivity index (χ1v) is 5.88. The van der Waals surface area contributed by atoms with Crippen molar-refractivity contribution in [2.75, 3.05) is 0 Å². The van der Waals surface area contributed by atoms with Gasteiger partial charge in [0.05, 0.1) is 5.02 Å². The second-order valence-corrected chi connectivity index (χ2v) is 5.17. The Hall–Kier alpha value is 0.240. The normalized spacial score (nSPS) is 12.4. The van der Waals surface area contributed by atoms with Gasteiger partial charge in [0, 0.05) is 10.5 Å². The summed E-state index contributed by atoms with van der Waals surface area (Å²) < 4.78 is 0.913. The van der Waals surface area contributed by atoms with Gasteiger partial charge in [0.25, 0.3) is 0 Å². The second kappa shape index (κ2) is 6.74. The van der Waals surface area contributed by atoms with Gasteiger partial charge in [-0.2, -0.15) is 0 Å². The van der Waals surface area contributed by atoms with Gasteiger partial charge in [0.15, 0.2) is 0 Å². The van der Waals surface area contributed by atoms with Gasteiger partial charge < -0.3 is 5.73 Å². The molecule has 1 nitrogen and oxygen atoms in total. The molecule has 1 rings (SSSR count). The van der Waals surface area contributed by atoms with E-state index < -0.39 is 0 Å². The molecule has 0 fully saturated rings. The van der Waals surface area contributed by atoms with Crippen LogP contribution in [0.4, 0.5) is 0 Å². The summed E-state index contributed by atoms with van der Waals surface area (Å²) in [6, 6.07) is 5.96. The molecule has 0 radical (unpaired) electrons. The van der Waals surface area contributed by atoms with Gasteiger partial charge in [0.1, 0.15) is 0 Å². The molecule has 0 heterocycles. The minimum atomic E-state index is 0. The number of rotatable bonds is 3. The molecule has 1 atom stereocenters. The van der Waals surface area contributed by atoms with Crippen molar-refractivity contribution in [2.45, 2.75) is 26.3 Å². The van der Waals surface area contributed by atoms with Crippen LogP contribution in [0.3, 0.4) is 0 Å². The van der Waals surface area contributed by atoms with Crippen LogP contribution in [0.2, 0.25) is 5.02 Å². The Morgan fingerprint density at radius 2 is 2.00 bits per heavy atom. The maximum absolute atomic E-state index is 6.05. The minimum absolute atomic E-state index is 0. The number of hydrogen-bond acceptors (Lipinski definition) is 1. The zero-order chi connectivity index (χ0) is 10.7. The molecule has 0 saturated carbocycles. The van der Waals surface area contributed by atoms with Crippen LogP contribution in [0.25, 0.3) is 0 Å². The van der Waals surface area contributed by atoms with Crippen LogP contribution < -0.4 is 5.73 Å². The Labute approximate surface area is 111 Å². The zero-order valence-corrected chi connectivity index (χ0v) is 12.0. The van der Waals surface area contributed by atoms with Crippen molar-refractivity contribution in [3.05, 3.63) is 33.3 Å². The third-order valence-electron chi connectivity index (χ3n) is 2.10. The molecule has 0 aliphatic carbocycles. The van der Waals surface area contributed by atoms with Gasteiger partial charge in [0.2, 0.25) is 0 Å². The molecule has 2 N–H and O–H groups in total. The summed E-state index contributed by atoms with van der Waals surface area (Å²) in [6.07, 6.45) is 0.994. The summed E-state index contributed by atoms with van der Waals surface area (Å²) in [5.74, 6) is 0.611. The van der Waals surface area contributed by atoms with E-state index in [1.165, 1.54) is 0 Å². The monoisotopic (exact) mass is 311 g/mol. The number of benzene rings is 1. The summed E-state index contributed by atoms with van der Waals surface area (Å²) in [5, 5.41) is 0.727. The first-order valence-electron chi connectivity index (χ1n) is 4.71. The van der Waals surface area contributed by atoms with E-state index in [9.17, 15) is 0 Å². The molecule has 0 unspecified atom stereocenters. The molecule has 86 valence electrons. The lowest BCUT2D eigenvalue weighted by Gasteiger charge is -2.14. The van der Waals surface area contributed by atoms with Crippen LogP contribution in [0.15, 0.2) is 22.7 Å². The lowest BCUT2D eigenvalue weighted by Crippen LogP contribution is -2.12. The smallest absolute Gasteiger partial charge is 0.0548 e. The van der Waals surface area contributed by atoms with E-state index in [1.807, 2.05) is 18.2 Å². The van der Waals surface area contributed by atoms with Gasteiger partial charge in [-0.15, -0.1) is 12.4 Å². The fraction of sp³-hybridized carbons (Fsp3) is 0.455. The van der Waals surface area contributed by atoms with E-state index in [2.05, 4.69) is 29.8 Å². The highest BCUT2D eigenvalue weighted by molar-refractivity contribution is 9.10. The number of halogens is 3. The van der Waals surface area contributed by atoms with Gasteiger partial charge in [-0.05, 0) is 46.0 Å². The van der Waals surface area contributed by atoms with Crippen molar-refractivity contribution < 1.29 is 0 Å². The SMILES string of the molecule is CC(C)C[C@H](N)c1ccc(Cl)c(Br)c1.Cl. The maximum atomic E-state index is 6.05. The quantitative estimate of drug-likeness (QED) is 0.869. The highest BCUT2D eigenvalue weighted by Gasteiger charge is 2.09. The van der Waals surface area contributed by atoms with E-state index in [0.717, 1.165) is 21.5 Å². The molecule has 1 aromatic rings. The van der Waals surface area contributed by atoms with Crippen LogP contribution in [0.1, 0.15) is 31.9 Å². The molecular weight excluding hydrogens is 297 g/mol. The van der Waals surface area contributed by atoms with Crippen LogP contribution in [-0.2, 0) is 0 Å². The van der Waals surface area contributed by atoms with Crippen LogP contribution in [0.5, 0.6) is 0 Å². The molecule has 0 aromatic heterocycles. The molecule has 0 aliphatic rings. The van der Waals surface area contributed by atoms with Crippen molar-refractivity contribution in [1.29, 1.82) is 0 Å². The molecule has 0 spiro atoms. The summed E-state index contributed by atoms with van der Waals surface area (Å²) in [4.78, 5) is 0. The first-order chi connectivity index (χ1) is 6.50. The summed E-state index contributed by atoms with van der Waals surface area (Å²) in [5.41, 5.74) is 7.19. The fourth-order valence-corrected chi connectivity index (χ4v) is 1.90. The predicted molar refractivity (Wildman–Crippen MR) is 72.8 cm³/mol. The molecule has 0 amide bonds. The Morgan fingerprint density at radius 1 is 1.40 bits per heavy atom. The van der Waals surface area contributed by atoms with E-state index in [-0.39, 0.29) is 18.4 Å². The average molecular weight is 313 g/mol. The third-order valence-corrected chi connectivity index (χ3v) is 3.31. The highest BCUT2D eigenvalue weighted by Crippen LogP contribution is 2.27. The number of nitrogens with two attached hydrogens (primary N) is 1. The van der Waals surface area contributed by atoms with E-state index in [1.54, 1.807) is 0 Å². The van der Waals surface area contributed by atoms with Crippen molar-refractivity contribution in [3.63, 3.8) is 0 Å². The molecule has 0 bridgehead atoms. The average Bonchev–Trinajstić information content (AvgIpc) is 2.08. The third kappa shape index (κ3) is 4.73. The van der Waals surface area contributed by atoms with Crippen molar-refractivity contribution in [3.8, 4) is 0 Å². The Balaban J connectivity index is 0.00000196. The van der Waals surface area contributed by atoms with E-state index >= 15 is 0 Å². The number of hydrogen-bond donors (Lipinski definition) is 1. The second-order valence-electron chi connectivity index (χ2n) is 3.91. The van der Waals surface area contributed by atoms with Gasteiger partial charge in [-0.25, -0.2) is 0 Å². The van der Waals surface area contributed by atoms with Crippen molar-refractivity contribution >= 4 is 39.9 Å². The molecular formula is C11H16BrCl2N. The molecule has 4 heteroatoms. The van der Waals surface area contributed by atoms with Crippen LogP contribution >= 0.6 is 39.9 Å². The summed E-state index contributed by atoms with van der Waals surface area (Å²) >= 11 is 9.30. The first kappa shape index (κ1) is 15.2. The Kier molecular flexibility index (Phi) is 6.85. The predicted octanol–water partition coefficient (Wildman–Crippen LogP) is 4.57. The fourth-order valence-electron chi connectivity index (χ4n) is 1.39. The lowest BCUT2D eigenvalue weighted by atomic mass is 9.98. The summed E-state index contributed by atoms with van der Waals surface area (Å²) in [7, 11) is 0. The highest BCUT2D eigenvalue weighted by atomic mass is 79.9. The largest absolute Gasteiger partial charge is 0.324 e.